The summed E-state index contributed by atoms with van der Waals surface area (Å²) in [5.74, 6) is -1.14. The zero-order valence-corrected chi connectivity index (χ0v) is 9.18. The average Bonchev–Trinajstić information content (AvgIpc) is 1.97. The first kappa shape index (κ1) is 13.8. The largest absolute Gasteiger partial charge is 0.810 e. The minimum Gasteiger partial charge on any atom is -0.810 e. The zero-order valence-electron chi connectivity index (χ0n) is 8.29. The highest BCUT2D eigenvalue weighted by Gasteiger charge is 2.31. The van der Waals surface area contributed by atoms with Crippen molar-refractivity contribution in [1.29, 1.82) is 0 Å². The predicted octanol–water partition coefficient (Wildman–Crippen LogP) is 0.388. The molecule has 0 aromatic heterocycles. The van der Waals surface area contributed by atoms with Gasteiger partial charge in [-0.3, -0.25) is 4.79 Å². The van der Waals surface area contributed by atoms with Crippen LogP contribution in [0.3, 0.4) is 0 Å². The normalized spacial score (nSPS) is 16.4. The Bertz CT molecular complexity index is 246. The van der Waals surface area contributed by atoms with Crippen LogP contribution < -0.4 is 9.79 Å². The van der Waals surface area contributed by atoms with Crippen LogP contribution in [0, 0.1) is 0 Å². The van der Waals surface area contributed by atoms with E-state index in [4.69, 9.17) is 0 Å². The van der Waals surface area contributed by atoms with Crippen LogP contribution >= 0.6 is 7.60 Å². The molecule has 0 saturated heterocycles. The van der Waals surface area contributed by atoms with Gasteiger partial charge in [0.1, 0.15) is 0 Å². The lowest BCUT2D eigenvalue weighted by molar-refractivity contribution is -0.312. The summed E-state index contributed by atoms with van der Waals surface area (Å²) in [7, 11) is -4.94. The molecule has 0 N–H and O–H groups in total. The Kier molecular flexibility index (Phi) is 4.92. The lowest BCUT2D eigenvalue weighted by Gasteiger charge is -2.31. The number of unbranched alkanes of at least 4 members (excludes halogenated alkanes) is 1. The van der Waals surface area contributed by atoms with E-state index in [0.717, 1.165) is 6.92 Å². The monoisotopic (exact) mass is 224 g/mol. The lowest BCUT2D eigenvalue weighted by atomic mass is 9.97. The van der Waals surface area contributed by atoms with E-state index in [-0.39, 0.29) is 6.42 Å². The first-order valence-electron chi connectivity index (χ1n) is 4.42. The molecule has 0 radical (unpaired) electrons. The fraction of sp³-hybridized carbons (Fsp3) is 0.875. The Hall–Kier alpha value is -0.250. The van der Waals surface area contributed by atoms with Gasteiger partial charge >= 0.3 is 0 Å². The summed E-state index contributed by atoms with van der Waals surface area (Å²) in [5, 5.41) is 0. The first-order valence-corrected chi connectivity index (χ1v) is 6.15. The molecule has 14 heavy (non-hydrogen) atoms. The van der Waals surface area contributed by atoms with Gasteiger partial charge in [0.2, 0.25) is 0 Å². The molecule has 0 aliphatic heterocycles. The van der Waals surface area contributed by atoms with E-state index < -0.39 is 25.2 Å². The van der Waals surface area contributed by atoms with Gasteiger partial charge < -0.3 is 14.4 Å². The molecule has 0 fully saturated rings. The van der Waals surface area contributed by atoms with Crippen molar-refractivity contribution in [1.82, 2.24) is 0 Å². The summed E-state index contributed by atoms with van der Waals surface area (Å²) in [4.78, 5) is 31.5. The van der Waals surface area contributed by atoms with Crippen LogP contribution in [0.25, 0.3) is 0 Å². The van der Waals surface area contributed by atoms with Crippen molar-refractivity contribution in [2.45, 2.75) is 38.8 Å². The average molecular weight is 224 g/mol. The number of Topliss-reactive ketones (excluding diaryl/α,β-unsaturated/α-hetero) is 1. The van der Waals surface area contributed by atoms with Gasteiger partial charge in [0.25, 0.3) is 0 Å². The minimum absolute atomic E-state index is 0.0394. The van der Waals surface area contributed by atoms with Crippen molar-refractivity contribution in [3.8, 4) is 0 Å². The molecular formula is C8H14FO4P-2. The molecule has 0 spiro atoms. The SMILES string of the molecule is CCCCC(C)(F)C(=O)CP(=O)([O-])[O-]. The third-order valence-electron chi connectivity index (χ3n) is 1.92. The highest BCUT2D eigenvalue weighted by molar-refractivity contribution is 7.49. The number of halogens is 1. The van der Waals surface area contributed by atoms with Gasteiger partial charge in [0.05, 0.1) is 0 Å². The Morgan fingerprint density at radius 2 is 2.00 bits per heavy atom. The van der Waals surface area contributed by atoms with E-state index in [1.165, 1.54) is 0 Å². The van der Waals surface area contributed by atoms with Crippen LogP contribution in [0.5, 0.6) is 0 Å². The number of hydrogen-bond donors (Lipinski definition) is 0. The van der Waals surface area contributed by atoms with E-state index in [0.29, 0.717) is 12.8 Å². The molecule has 0 saturated carbocycles. The van der Waals surface area contributed by atoms with Crippen molar-refractivity contribution in [2.24, 2.45) is 0 Å². The number of hydrogen-bond acceptors (Lipinski definition) is 4. The highest BCUT2D eigenvalue weighted by atomic mass is 31.2. The summed E-state index contributed by atoms with van der Waals surface area (Å²) in [5.41, 5.74) is -2.19. The first-order chi connectivity index (χ1) is 6.19. The minimum atomic E-state index is -4.94. The summed E-state index contributed by atoms with van der Waals surface area (Å²) in [6, 6.07) is 0. The molecule has 0 aromatic rings. The van der Waals surface area contributed by atoms with E-state index >= 15 is 0 Å². The molecule has 0 rings (SSSR count). The molecule has 0 aliphatic carbocycles. The molecule has 84 valence electrons. The van der Waals surface area contributed by atoms with Crippen molar-refractivity contribution in [3.05, 3.63) is 0 Å². The number of rotatable bonds is 6. The maximum Gasteiger partial charge on any atom is 0.174 e. The van der Waals surface area contributed by atoms with Crippen molar-refractivity contribution < 1.29 is 23.5 Å². The van der Waals surface area contributed by atoms with E-state index in [1.54, 1.807) is 0 Å². The second kappa shape index (κ2) is 5.01. The maximum absolute atomic E-state index is 13.5. The van der Waals surface area contributed by atoms with Crippen LogP contribution in [-0.4, -0.2) is 17.6 Å². The lowest BCUT2D eigenvalue weighted by Crippen LogP contribution is -2.35. The summed E-state index contributed by atoms with van der Waals surface area (Å²) >= 11 is 0. The van der Waals surface area contributed by atoms with Gasteiger partial charge in [-0.15, -0.1) is 0 Å². The standard InChI is InChI=1S/C8H16FO4P/c1-3-4-5-8(2,9)7(10)6-14(11,12)13/h3-6H2,1-2H3,(H2,11,12,13)/p-2. The Morgan fingerprint density at radius 3 is 2.36 bits per heavy atom. The Morgan fingerprint density at radius 1 is 1.50 bits per heavy atom. The van der Waals surface area contributed by atoms with Crippen LogP contribution in [0.1, 0.15) is 33.1 Å². The van der Waals surface area contributed by atoms with Gasteiger partial charge in [0.15, 0.2) is 11.5 Å². The molecule has 0 aromatic carbocycles. The van der Waals surface area contributed by atoms with E-state index in [9.17, 15) is 23.5 Å². The quantitative estimate of drug-likeness (QED) is 0.611. The smallest absolute Gasteiger partial charge is 0.174 e. The van der Waals surface area contributed by atoms with Crippen molar-refractivity contribution in [2.75, 3.05) is 6.16 Å². The topological polar surface area (TPSA) is 80.3 Å². The number of carbonyl (C=O) groups excluding carboxylic acids is 1. The molecule has 0 heterocycles. The van der Waals surface area contributed by atoms with Gasteiger partial charge in [-0.05, 0) is 13.3 Å². The van der Waals surface area contributed by atoms with Crippen LogP contribution in [0.4, 0.5) is 4.39 Å². The second-order valence-corrected chi connectivity index (χ2v) is 5.03. The Labute approximate surface area is 82.7 Å². The van der Waals surface area contributed by atoms with Crippen LogP contribution in [0.15, 0.2) is 0 Å². The van der Waals surface area contributed by atoms with Crippen molar-refractivity contribution >= 4 is 13.4 Å². The molecule has 4 nitrogen and oxygen atoms in total. The van der Waals surface area contributed by atoms with Crippen LogP contribution in [0.2, 0.25) is 0 Å². The number of alkyl halides is 1. The summed E-state index contributed by atoms with van der Waals surface area (Å²) in [6.45, 7) is 2.84. The molecule has 1 unspecified atom stereocenters. The molecular weight excluding hydrogens is 210 g/mol. The molecule has 0 bridgehead atoms. The molecule has 1 atom stereocenters. The third kappa shape index (κ3) is 5.47. The summed E-state index contributed by atoms with van der Waals surface area (Å²) in [6.07, 6.45) is -0.0774. The maximum atomic E-state index is 13.5. The van der Waals surface area contributed by atoms with E-state index in [1.807, 2.05) is 6.92 Å². The molecule has 0 aliphatic rings. The third-order valence-corrected chi connectivity index (χ3v) is 2.59. The Balaban J connectivity index is 4.28. The zero-order chi connectivity index (χ0) is 11.4. The van der Waals surface area contributed by atoms with Crippen molar-refractivity contribution in [3.63, 3.8) is 0 Å². The second-order valence-electron chi connectivity index (χ2n) is 3.49. The number of carbonyl (C=O) groups is 1. The van der Waals surface area contributed by atoms with Crippen LogP contribution in [-0.2, 0) is 9.36 Å². The fourth-order valence-corrected chi connectivity index (χ4v) is 1.67. The van der Waals surface area contributed by atoms with Gasteiger partial charge in [-0.2, -0.15) is 0 Å². The van der Waals surface area contributed by atoms with Gasteiger partial charge in [-0.1, -0.05) is 27.4 Å². The highest BCUT2D eigenvalue weighted by Crippen LogP contribution is 2.29. The predicted molar refractivity (Wildman–Crippen MR) is 46.5 cm³/mol. The molecule has 6 heteroatoms. The number of ketones is 1. The van der Waals surface area contributed by atoms with Gasteiger partial charge in [0, 0.05) is 6.16 Å². The summed E-state index contributed by atoms with van der Waals surface area (Å²) < 4.78 is 23.7. The van der Waals surface area contributed by atoms with Gasteiger partial charge in [-0.25, -0.2) is 4.39 Å². The molecule has 0 amide bonds. The fourth-order valence-electron chi connectivity index (χ4n) is 0.989. The van der Waals surface area contributed by atoms with E-state index in [2.05, 4.69) is 0 Å².